The number of rotatable bonds is 3. The van der Waals surface area contributed by atoms with Crippen LogP contribution < -0.4 is 5.69 Å². The lowest BCUT2D eigenvalue weighted by Crippen LogP contribution is -2.20. The van der Waals surface area contributed by atoms with E-state index < -0.39 is 11.8 Å². The molecule has 0 radical (unpaired) electrons. The van der Waals surface area contributed by atoms with E-state index in [1.165, 1.54) is 27.5 Å². The minimum Gasteiger partial charge on any atom is -0.507 e. The van der Waals surface area contributed by atoms with Crippen molar-refractivity contribution in [1.29, 1.82) is 0 Å². The van der Waals surface area contributed by atoms with E-state index in [1.807, 2.05) is 0 Å². The summed E-state index contributed by atoms with van der Waals surface area (Å²) in [5.41, 5.74) is 1.22. The Morgan fingerprint density at radius 3 is 2.28 bits per heavy atom. The van der Waals surface area contributed by atoms with Crippen molar-refractivity contribution in [1.82, 2.24) is 14.1 Å². The molecule has 8 heteroatoms. The number of nitrogens with zero attached hydrogens (tertiary/aromatic N) is 3. The molecule has 2 heterocycles. The van der Waals surface area contributed by atoms with Crippen LogP contribution in [-0.2, 0) is 7.05 Å². The van der Waals surface area contributed by atoms with Gasteiger partial charge in [-0.05, 0) is 41.5 Å². The Bertz CT molecular complexity index is 1300. The molecule has 0 saturated carbocycles. The predicted octanol–water partition coefficient (Wildman–Crippen LogP) is 4.54. The molecule has 4 aromatic rings. The van der Waals surface area contributed by atoms with Gasteiger partial charge < -0.3 is 9.67 Å². The fourth-order valence-corrected chi connectivity index (χ4v) is 3.40. The molecular weight excluding hydrogens is 400 g/mol. The first-order valence-electron chi connectivity index (χ1n) is 8.54. The van der Waals surface area contributed by atoms with Gasteiger partial charge in [0.25, 0.3) is 0 Å². The molecule has 146 valence electrons. The summed E-state index contributed by atoms with van der Waals surface area (Å²) in [6.07, 6.45) is 4.42. The molecule has 0 saturated heterocycles. The van der Waals surface area contributed by atoms with Gasteiger partial charge in [-0.15, -0.1) is 0 Å². The number of phenols is 1. The zero-order chi connectivity index (χ0) is 20.7. The summed E-state index contributed by atoms with van der Waals surface area (Å²) in [5, 5.41) is 11.0. The average molecular weight is 414 g/mol. The SMILES string of the molecule is Cn1ccn(-c2ccc(-c3cc(F)cc(-c4ccnc(F)c4)c3O)cc2Cl)c1=O. The van der Waals surface area contributed by atoms with Gasteiger partial charge in [-0.1, -0.05) is 17.7 Å². The summed E-state index contributed by atoms with van der Waals surface area (Å²) in [6.45, 7) is 0. The van der Waals surface area contributed by atoms with Crippen molar-refractivity contribution < 1.29 is 13.9 Å². The molecule has 5 nitrogen and oxygen atoms in total. The number of hydrogen-bond donors (Lipinski definition) is 1. The highest BCUT2D eigenvalue weighted by Gasteiger charge is 2.16. The number of hydrogen-bond acceptors (Lipinski definition) is 3. The summed E-state index contributed by atoms with van der Waals surface area (Å²) in [6, 6.07) is 9.61. The average Bonchev–Trinajstić information content (AvgIpc) is 3.02. The Kier molecular flexibility index (Phi) is 4.68. The number of phenolic OH excluding ortho intramolecular Hbond substituents is 1. The van der Waals surface area contributed by atoms with Gasteiger partial charge in [0, 0.05) is 42.8 Å². The first-order valence-corrected chi connectivity index (χ1v) is 8.91. The van der Waals surface area contributed by atoms with Gasteiger partial charge in [0.05, 0.1) is 10.7 Å². The number of pyridine rings is 1. The van der Waals surface area contributed by atoms with E-state index in [0.29, 0.717) is 11.3 Å². The van der Waals surface area contributed by atoms with E-state index in [4.69, 9.17) is 11.6 Å². The minimum absolute atomic E-state index is 0.126. The normalized spacial score (nSPS) is 11.0. The van der Waals surface area contributed by atoms with Crippen LogP contribution in [0.5, 0.6) is 5.75 Å². The Balaban J connectivity index is 1.84. The summed E-state index contributed by atoms with van der Waals surface area (Å²) in [7, 11) is 1.62. The summed E-state index contributed by atoms with van der Waals surface area (Å²) >= 11 is 6.36. The quantitative estimate of drug-likeness (QED) is 0.501. The molecule has 0 aliphatic rings. The van der Waals surface area contributed by atoms with Crippen molar-refractivity contribution in [3.8, 4) is 33.7 Å². The van der Waals surface area contributed by atoms with Gasteiger partial charge in [-0.3, -0.25) is 4.57 Å². The maximum Gasteiger partial charge on any atom is 0.332 e. The van der Waals surface area contributed by atoms with E-state index in [0.717, 1.165) is 18.2 Å². The van der Waals surface area contributed by atoms with Gasteiger partial charge >= 0.3 is 5.69 Å². The van der Waals surface area contributed by atoms with Gasteiger partial charge in [0.2, 0.25) is 5.95 Å². The van der Waals surface area contributed by atoms with Crippen LogP contribution >= 0.6 is 11.6 Å². The van der Waals surface area contributed by atoms with Crippen molar-refractivity contribution in [2.75, 3.05) is 0 Å². The van der Waals surface area contributed by atoms with Crippen LogP contribution in [0.4, 0.5) is 8.78 Å². The van der Waals surface area contributed by atoms with Crippen LogP contribution in [-0.4, -0.2) is 19.2 Å². The first-order chi connectivity index (χ1) is 13.8. The molecule has 0 unspecified atom stereocenters. The lowest BCUT2D eigenvalue weighted by atomic mass is 9.97. The third-order valence-electron chi connectivity index (χ3n) is 4.58. The van der Waals surface area contributed by atoms with Crippen molar-refractivity contribution in [3.63, 3.8) is 0 Å². The highest BCUT2D eigenvalue weighted by molar-refractivity contribution is 6.32. The van der Waals surface area contributed by atoms with Crippen LogP contribution in [0.25, 0.3) is 27.9 Å². The monoisotopic (exact) mass is 413 g/mol. The number of benzene rings is 2. The van der Waals surface area contributed by atoms with E-state index in [1.54, 1.807) is 31.6 Å². The first kappa shape index (κ1) is 18.9. The third-order valence-corrected chi connectivity index (χ3v) is 4.88. The highest BCUT2D eigenvalue weighted by atomic mass is 35.5. The molecule has 2 aromatic heterocycles. The van der Waals surface area contributed by atoms with Crippen LogP contribution in [0.3, 0.4) is 0 Å². The zero-order valence-corrected chi connectivity index (χ0v) is 15.9. The number of imidazole rings is 1. The number of aromatic hydroxyl groups is 1. The second-order valence-electron chi connectivity index (χ2n) is 6.44. The summed E-state index contributed by atoms with van der Waals surface area (Å²) in [4.78, 5) is 15.6. The maximum atomic E-state index is 14.3. The number of aryl methyl sites for hydroxylation is 1. The number of halogens is 3. The summed E-state index contributed by atoms with van der Waals surface area (Å²) in [5.74, 6) is -1.57. The van der Waals surface area contributed by atoms with Crippen molar-refractivity contribution in [2.24, 2.45) is 7.05 Å². The molecule has 0 aliphatic heterocycles. The standard InChI is InChI=1S/C21H14ClF2N3O2/c1-26-6-7-27(21(26)29)18-3-2-12(8-17(18)22)15-10-14(23)11-16(20(15)28)13-4-5-25-19(24)9-13/h2-11,28H,1H3. The molecule has 2 aromatic carbocycles. The molecule has 0 spiro atoms. The lowest BCUT2D eigenvalue weighted by Gasteiger charge is -2.13. The molecule has 1 N–H and O–H groups in total. The molecule has 0 amide bonds. The zero-order valence-electron chi connectivity index (χ0n) is 15.1. The Hall–Kier alpha value is -3.45. The third kappa shape index (κ3) is 3.40. The highest BCUT2D eigenvalue weighted by Crippen LogP contribution is 2.40. The van der Waals surface area contributed by atoms with E-state index in [9.17, 15) is 18.7 Å². The molecule has 4 rings (SSSR count). The molecular formula is C21H14ClF2N3O2. The lowest BCUT2D eigenvalue weighted by molar-refractivity contribution is 0.477. The smallest absolute Gasteiger partial charge is 0.332 e. The molecule has 0 bridgehead atoms. The predicted molar refractivity (Wildman–Crippen MR) is 106 cm³/mol. The van der Waals surface area contributed by atoms with Gasteiger partial charge in [0.1, 0.15) is 11.6 Å². The minimum atomic E-state index is -0.742. The summed E-state index contributed by atoms with van der Waals surface area (Å²) < 4.78 is 30.5. The second-order valence-corrected chi connectivity index (χ2v) is 6.85. The molecule has 0 atom stereocenters. The van der Waals surface area contributed by atoms with Crippen LogP contribution in [0.1, 0.15) is 0 Å². The largest absolute Gasteiger partial charge is 0.507 e. The molecule has 29 heavy (non-hydrogen) atoms. The van der Waals surface area contributed by atoms with Crippen molar-refractivity contribution >= 4 is 11.6 Å². The Morgan fingerprint density at radius 1 is 1.00 bits per heavy atom. The van der Waals surface area contributed by atoms with Crippen molar-refractivity contribution in [2.45, 2.75) is 0 Å². The fourth-order valence-electron chi connectivity index (χ4n) is 3.13. The topological polar surface area (TPSA) is 60.1 Å². The van der Waals surface area contributed by atoms with Crippen LogP contribution in [0.15, 0.2) is 65.8 Å². The van der Waals surface area contributed by atoms with Gasteiger partial charge in [-0.25, -0.2) is 14.2 Å². The number of aromatic nitrogens is 3. The maximum absolute atomic E-state index is 14.3. The van der Waals surface area contributed by atoms with Gasteiger partial charge in [-0.2, -0.15) is 4.39 Å². The van der Waals surface area contributed by atoms with Crippen LogP contribution in [0.2, 0.25) is 5.02 Å². The van der Waals surface area contributed by atoms with E-state index >= 15 is 0 Å². The Labute approximate surface area is 169 Å². The van der Waals surface area contributed by atoms with Crippen LogP contribution in [0, 0.1) is 11.8 Å². The molecule has 0 aliphatic carbocycles. The van der Waals surface area contributed by atoms with E-state index in [2.05, 4.69) is 4.98 Å². The van der Waals surface area contributed by atoms with Gasteiger partial charge in [0.15, 0.2) is 0 Å². The second kappa shape index (κ2) is 7.18. The van der Waals surface area contributed by atoms with E-state index in [-0.39, 0.29) is 33.2 Å². The molecule has 0 fully saturated rings. The Morgan fingerprint density at radius 2 is 1.69 bits per heavy atom. The van der Waals surface area contributed by atoms with Crippen molar-refractivity contribution in [3.05, 3.63) is 88.3 Å². The fraction of sp³-hybridized carbons (Fsp3) is 0.0476.